The summed E-state index contributed by atoms with van der Waals surface area (Å²) in [6.45, 7) is 14.4. The second kappa shape index (κ2) is 20.4. The van der Waals surface area contributed by atoms with Crippen molar-refractivity contribution in [3.05, 3.63) is 0 Å². The fraction of sp³-hybridized carbons (Fsp3) is 1.00. The van der Waals surface area contributed by atoms with Crippen molar-refractivity contribution in [3.63, 3.8) is 0 Å². The molecule has 0 saturated carbocycles. The van der Waals surface area contributed by atoms with E-state index in [0.717, 1.165) is 11.0 Å². The molecule has 0 radical (unpaired) electrons. The molecule has 0 unspecified atom stereocenters. The van der Waals surface area contributed by atoms with Gasteiger partial charge in [-0.3, -0.25) is 0 Å². The van der Waals surface area contributed by atoms with Gasteiger partial charge in [-0.05, 0) is 19.6 Å². The van der Waals surface area contributed by atoms with Crippen LogP contribution >= 0.6 is 22.6 Å². The van der Waals surface area contributed by atoms with E-state index in [1.54, 1.807) is 0 Å². The van der Waals surface area contributed by atoms with Gasteiger partial charge in [-0.2, -0.15) is 0 Å². The third-order valence-corrected chi connectivity index (χ3v) is 4.35. The molecule has 0 spiro atoms. The highest BCUT2D eigenvalue weighted by Crippen LogP contribution is 2.01. The summed E-state index contributed by atoms with van der Waals surface area (Å²) in [6, 6.07) is 0. The highest BCUT2D eigenvalue weighted by molar-refractivity contribution is 14.1. The van der Waals surface area contributed by atoms with Gasteiger partial charge in [-0.1, -0.05) is 22.6 Å². The van der Waals surface area contributed by atoms with E-state index >= 15 is 0 Å². The molecule has 0 heterocycles. The normalized spacial score (nSPS) is 12.0. The van der Waals surface area contributed by atoms with Crippen molar-refractivity contribution in [1.82, 2.24) is 0 Å². The minimum Gasteiger partial charge on any atom is -0.415 e. The van der Waals surface area contributed by atoms with Crippen molar-refractivity contribution in [1.29, 1.82) is 0 Å². The van der Waals surface area contributed by atoms with E-state index in [0.29, 0.717) is 79.3 Å². The molecule has 0 aromatic carbocycles. The first-order valence-electron chi connectivity index (χ1n) is 9.22. The molecule has 7 nitrogen and oxygen atoms in total. The van der Waals surface area contributed by atoms with E-state index in [9.17, 15) is 0 Å². The van der Waals surface area contributed by atoms with Crippen LogP contribution in [0, 0.1) is 0 Å². The van der Waals surface area contributed by atoms with E-state index in [1.165, 1.54) is 0 Å². The molecule has 0 aliphatic rings. The maximum atomic E-state index is 5.69. The number of hydrogen-bond acceptors (Lipinski definition) is 7. The van der Waals surface area contributed by atoms with Crippen LogP contribution in [0.5, 0.6) is 0 Å². The van der Waals surface area contributed by atoms with E-state index in [2.05, 4.69) is 42.2 Å². The molecular weight excluding hydrogens is 471 g/mol. The molecular formula is C17H37IO7Si. The first-order valence-corrected chi connectivity index (χ1v) is 14.2. The highest BCUT2D eigenvalue weighted by Gasteiger charge is 2.12. The summed E-state index contributed by atoms with van der Waals surface area (Å²) >= 11 is 2.28. The molecule has 0 N–H and O–H groups in total. The van der Waals surface area contributed by atoms with Gasteiger partial charge in [0.1, 0.15) is 0 Å². The Labute approximate surface area is 173 Å². The number of hydrogen-bond donors (Lipinski definition) is 0. The third kappa shape index (κ3) is 24.7. The Morgan fingerprint density at radius 2 is 0.731 bits per heavy atom. The second-order valence-electron chi connectivity index (χ2n) is 6.32. The number of ether oxygens (including phenoxy) is 6. The Morgan fingerprint density at radius 3 is 1.00 bits per heavy atom. The first kappa shape index (κ1) is 26.7. The predicted octanol–water partition coefficient (Wildman–Crippen LogP) is 2.37. The molecule has 0 atom stereocenters. The lowest BCUT2D eigenvalue weighted by Gasteiger charge is -2.16. The largest absolute Gasteiger partial charge is 0.415 e. The topological polar surface area (TPSA) is 64.6 Å². The lowest BCUT2D eigenvalue weighted by atomic mass is 10.7. The molecule has 0 saturated heterocycles. The van der Waals surface area contributed by atoms with Gasteiger partial charge in [0.15, 0.2) is 8.32 Å². The van der Waals surface area contributed by atoms with Crippen molar-refractivity contribution in [3.8, 4) is 0 Å². The average Bonchev–Trinajstić information content (AvgIpc) is 2.59. The minimum atomic E-state index is -1.42. The fourth-order valence-corrected chi connectivity index (χ4v) is 2.67. The zero-order valence-electron chi connectivity index (χ0n) is 16.6. The van der Waals surface area contributed by atoms with Crippen LogP contribution in [-0.4, -0.2) is 98.6 Å². The maximum absolute atomic E-state index is 5.69. The van der Waals surface area contributed by atoms with Crippen molar-refractivity contribution >= 4 is 30.9 Å². The Balaban J connectivity index is 3.01. The van der Waals surface area contributed by atoms with Crippen LogP contribution in [0.15, 0.2) is 0 Å². The van der Waals surface area contributed by atoms with E-state index < -0.39 is 8.32 Å². The molecule has 0 aromatic heterocycles. The summed E-state index contributed by atoms with van der Waals surface area (Å²) < 4.78 is 39.1. The smallest absolute Gasteiger partial charge is 0.183 e. The van der Waals surface area contributed by atoms with E-state index in [1.807, 2.05) is 0 Å². The van der Waals surface area contributed by atoms with Gasteiger partial charge in [0.25, 0.3) is 0 Å². The number of rotatable bonds is 21. The van der Waals surface area contributed by atoms with Crippen LogP contribution in [0.2, 0.25) is 19.6 Å². The SMILES string of the molecule is C[Si](C)(C)OCCOCCOCCOCCOCCOCCOCCI. The van der Waals surface area contributed by atoms with Crippen LogP contribution in [0.3, 0.4) is 0 Å². The number of alkyl halides is 1. The quantitative estimate of drug-likeness (QED) is 0.102. The third-order valence-electron chi connectivity index (χ3n) is 2.84. The molecule has 0 bridgehead atoms. The Bertz CT molecular complexity index is 280. The van der Waals surface area contributed by atoms with Crippen LogP contribution in [0.4, 0.5) is 0 Å². The van der Waals surface area contributed by atoms with Crippen molar-refractivity contribution < 1.29 is 32.8 Å². The lowest BCUT2D eigenvalue weighted by molar-refractivity contribution is -0.0172. The standard InChI is InChI=1S/C17H37IO7Si/c1-26(2,3)25-17-16-24-15-14-23-13-12-22-11-10-21-9-8-20-7-6-19-5-4-18/h4-17H2,1-3H3. The van der Waals surface area contributed by atoms with Gasteiger partial charge in [0, 0.05) is 4.43 Å². The summed E-state index contributed by atoms with van der Waals surface area (Å²) in [4.78, 5) is 0. The van der Waals surface area contributed by atoms with Gasteiger partial charge >= 0.3 is 0 Å². The molecule has 0 aliphatic carbocycles. The van der Waals surface area contributed by atoms with Crippen molar-refractivity contribution in [2.75, 3.05) is 90.3 Å². The monoisotopic (exact) mass is 508 g/mol. The van der Waals surface area contributed by atoms with Crippen LogP contribution in [0.1, 0.15) is 0 Å². The summed E-state index contributed by atoms with van der Waals surface area (Å²) in [5, 5.41) is 0. The average molecular weight is 508 g/mol. The Hall–Kier alpha value is 0.667. The minimum absolute atomic E-state index is 0.562. The molecule has 0 rings (SSSR count). The molecule has 158 valence electrons. The zero-order chi connectivity index (χ0) is 19.3. The zero-order valence-corrected chi connectivity index (χ0v) is 19.8. The van der Waals surface area contributed by atoms with Gasteiger partial charge in [-0.15, -0.1) is 0 Å². The van der Waals surface area contributed by atoms with Crippen LogP contribution < -0.4 is 0 Å². The molecule has 0 aromatic rings. The van der Waals surface area contributed by atoms with Crippen molar-refractivity contribution in [2.24, 2.45) is 0 Å². The Kier molecular flexibility index (Phi) is 20.9. The summed E-state index contributed by atoms with van der Waals surface area (Å²) in [5.41, 5.74) is 0. The van der Waals surface area contributed by atoms with E-state index in [-0.39, 0.29) is 0 Å². The maximum Gasteiger partial charge on any atom is 0.183 e. The highest BCUT2D eigenvalue weighted by atomic mass is 127. The number of halogens is 1. The van der Waals surface area contributed by atoms with Crippen molar-refractivity contribution in [2.45, 2.75) is 19.6 Å². The summed E-state index contributed by atoms with van der Waals surface area (Å²) in [5.74, 6) is 0. The molecule has 0 fully saturated rings. The lowest BCUT2D eigenvalue weighted by Crippen LogP contribution is -2.27. The van der Waals surface area contributed by atoms with Gasteiger partial charge in [0.05, 0.1) is 85.9 Å². The summed E-state index contributed by atoms with van der Waals surface area (Å²) in [6.07, 6.45) is 0. The van der Waals surface area contributed by atoms with Gasteiger partial charge in [-0.25, -0.2) is 0 Å². The molecule has 9 heteroatoms. The molecule has 0 amide bonds. The Morgan fingerprint density at radius 1 is 0.462 bits per heavy atom. The van der Waals surface area contributed by atoms with E-state index in [4.69, 9.17) is 32.8 Å². The second-order valence-corrected chi connectivity index (χ2v) is 11.9. The van der Waals surface area contributed by atoms with Gasteiger partial charge in [0.2, 0.25) is 0 Å². The molecule has 0 aliphatic heterocycles. The van der Waals surface area contributed by atoms with Crippen LogP contribution in [-0.2, 0) is 32.8 Å². The fourth-order valence-electron chi connectivity index (χ4n) is 1.66. The summed E-state index contributed by atoms with van der Waals surface area (Å²) in [7, 11) is -1.42. The van der Waals surface area contributed by atoms with Crippen LogP contribution in [0.25, 0.3) is 0 Å². The first-order chi connectivity index (χ1) is 12.6. The molecule has 26 heavy (non-hydrogen) atoms. The van der Waals surface area contributed by atoms with Gasteiger partial charge < -0.3 is 32.8 Å². The predicted molar refractivity (Wildman–Crippen MR) is 113 cm³/mol.